The summed E-state index contributed by atoms with van der Waals surface area (Å²) >= 11 is 0. The van der Waals surface area contributed by atoms with Gasteiger partial charge in [-0.3, -0.25) is 0 Å². The highest BCUT2D eigenvalue weighted by molar-refractivity contribution is 6.45. The zero-order chi connectivity index (χ0) is 9.99. The highest BCUT2D eigenvalue weighted by atomic mass is 14.1. The molecule has 0 aliphatic rings. The zero-order valence-electron chi connectivity index (χ0n) is 9.49. The summed E-state index contributed by atoms with van der Waals surface area (Å²) in [7, 11) is 2.26. The Balaban J connectivity index is 3.90. The van der Waals surface area contributed by atoms with Crippen molar-refractivity contribution in [3.05, 3.63) is 12.1 Å². The van der Waals surface area contributed by atoms with E-state index in [4.69, 9.17) is 0 Å². The highest BCUT2D eigenvalue weighted by Gasteiger charge is 2.18. The smallest absolute Gasteiger partial charge is 0.111 e. The van der Waals surface area contributed by atoms with Crippen LogP contribution < -0.4 is 0 Å². The van der Waals surface area contributed by atoms with Gasteiger partial charge in [0.05, 0.1) is 0 Å². The molecule has 0 atom stereocenters. The van der Waals surface area contributed by atoms with Gasteiger partial charge in [0.2, 0.25) is 0 Å². The van der Waals surface area contributed by atoms with Crippen molar-refractivity contribution in [1.29, 1.82) is 0 Å². The molecule has 0 aromatic heterocycles. The second-order valence-corrected chi connectivity index (χ2v) is 5.74. The second kappa shape index (κ2) is 3.68. The first-order valence-electron chi connectivity index (χ1n) is 4.65. The summed E-state index contributed by atoms with van der Waals surface area (Å²) in [6.07, 6.45) is 1.11. The van der Waals surface area contributed by atoms with Gasteiger partial charge in [0.25, 0.3) is 0 Å². The van der Waals surface area contributed by atoms with E-state index >= 15 is 0 Å². The fourth-order valence-electron chi connectivity index (χ4n) is 0.736. The molecule has 0 aromatic carbocycles. The molecule has 0 aliphatic heterocycles. The molecule has 1 radical (unpaired) electrons. The van der Waals surface area contributed by atoms with Crippen LogP contribution in [-0.4, -0.2) is 7.28 Å². The van der Waals surface area contributed by atoms with Crippen LogP contribution in [0.25, 0.3) is 0 Å². The average Bonchev–Trinajstić information content (AvgIpc) is 1.78. The predicted octanol–water partition coefficient (Wildman–Crippen LogP) is 3.71. The van der Waals surface area contributed by atoms with Gasteiger partial charge in [0, 0.05) is 0 Å². The fourth-order valence-corrected chi connectivity index (χ4v) is 0.736. The summed E-state index contributed by atoms with van der Waals surface area (Å²) < 4.78 is 0. The molecule has 0 unspecified atom stereocenters. The molecule has 69 valence electrons. The first-order valence-corrected chi connectivity index (χ1v) is 4.65. The third-order valence-electron chi connectivity index (χ3n) is 1.92. The largest absolute Gasteiger partial charge is 0.146 e. The summed E-state index contributed by atoms with van der Waals surface area (Å²) in [4.78, 5) is 0. The van der Waals surface area contributed by atoms with E-state index in [1.54, 1.807) is 0 Å². The minimum Gasteiger partial charge on any atom is -0.111 e. The van der Waals surface area contributed by atoms with E-state index in [1.807, 2.05) is 0 Å². The van der Waals surface area contributed by atoms with Gasteiger partial charge < -0.3 is 0 Å². The van der Waals surface area contributed by atoms with Crippen LogP contribution in [0, 0.1) is 10.8 Å². The van der Waals surface area contributed by atoms with Crippen LogP contribution in [0.1, 0.15) is 41.5 Å². The number of rotatable bonds is 2. The third kappa shape index (κ3) is 5.45. The Kier molecular flexibility index (Phi) is 3.62. The maximum Gasteiger partial charge on any atom is 0.146 e. The lowest BCUT2D eigenvalue weighted by Crippen LogP contribution is -2.18. The molecule has 0 spiro atoms. The summed E-state index contributed by atoms with van der Waals surface area (Å²) in [5.41, 5.74) is 1.86. The van der Waals surface area contributed by atoms with Gasteiger partial charge in [-0.2, -0.15) is 0 Å². The second-order valence-electron chi connectivity index (χ2n) is 5.74. The summed E-state index contributed by atoms with van der Waals surface area (Å²) in [5.74, 6) is 0. The maximum absolute atomic E-state index is 4.07. The Morgan fingerprint density at radius 3 is 1.75 bits per heavy atom. The number of hydrogen-bond acceptors (Lipinski definition) is 0. The topological polar surface area (TPSA) is 0 Å². The summed E-state index contributed by atoms with van der Waals surface area (Å²) in [5, 5.41) is 0. The molecule has 0 saturated carbocycles. The van der Waals surface area contributed by atoms with Crippen LogP contribution >= 0.6 is 0 Å². The highest BCUT2D eigenvalue weighted by Crippen LogP contribution is 2.27. The molecule has 1 heteroatoms. The van der Waals surface area contributed by atoms with Gasteiger partial charge in [0.1, 0.15) is 7.28 Å². The molecule has 0 amide bonds. The van der Waals surface area contributed by atoms with Crippen LogP contribution in [0.15, 0.2) is 12.1 Å². The van der Waals surface area contributed by atoms with Gasteiger partial charge in [0.15, 0.2) is 0 Å². The number of allylic oxidation sites excluding steroid dienone is 1. The van der Waals surface area contributed by atoms with Crippen molar-refractivity contribution in [2.75, 3.05) is 0 Å². The molecule has 0 fully saturated rings. The van der Waals surface area contributed by atoms with Gasteiger partial charge in [-0.25, -0.2) is 0 Å². The SMILES string of the molecule is C=C([B]CC(C)(C)C)C(C)(C)C. The van der Waals surface area contributed by atoms with E-state index in [0.717, 1.165) is 6.32 Å². The van der Waals surface area contributed by atoms with Crippen molar-refractivity contribution in [3.63, 3.8) is 0 Å². The van der Waals surface area contributed by atoms with E-state index in [9.17, 15) is 0 Å². The predicted molar refractivity (Wildman–Crippen MR) is 58.6 cm³/mol. The molecule has 0 N–H and O–H groups in total. The zero-order valence-corrected chi connectivity index (χ0v) is 9.49. The Hall–Kier alpha value is -0.195. The Bertz CT molecular complexity index is 155. The van der Waals surface area contributed by atoms with Crippen molar-refractivity contribution in [1.82, 2.24) is 0 Å². The molecule has 12 heavy (non-hydrogen) atoms. The quantitative estimate of drug-likeness (QED) is 0.547. The van der Waals surface area contributed by atoms with Crippen LogP contribution in [0.2, 0.25) is 6.32 Å². The molecule has 0 nitrogen and oxygen atoms in total. The standard InChI is InChI=1S/C11H22B/c1-9(11(5,6)7)12-8-10(2,3)4/h1,8H2,2-7H3. The molecule has 0 heterocycles. The van der Waals surface area contributed by atoms with Crippen molar-refractivity contribution >= 4 is 7.28 Å². The van der Waals surface area contributed by atoms with Crippen molar-refractivity contribution in [3.8, 4) is 0 Å². The third-order valence-corrected chi connectivity index (χ3v) is 1.92. The molecule has 0 saturated heterocycles. The minimum atomic E-state index is 0.227. The van der Waals surface area contributed by atoms with E-state index in [-0.39, 0.29) is 5.41 Å². The molecular weight excluding hydrogens is 143 g/mol. The Labute approximate surface area is 78.7 Å². The average molecular weight is 165 g/mol. The fraction of sp³-hybridized carbons (Fsp3) is 0.818. The summed E-state index contributed by atoms with van der Waals surface area (Å²) in [6, 6.07) is 0. The minimum absolute atomic E-state index is 0.227. The van der Waals surface area contributed by atoms with Crippen LogP contribution in [0.4, 0.5) is 0 Å². The maximum atomic E-state index is 4.07. The Morgan fingerprint density at radius 1 is 1.08 bits per heavy atom. The molecule has 0 aliphatic carbocycles. The molecular formula is C11H22B. The normalized spacial score (nSPS) is 12.8. The lowest BCUT2D eigenvalue weighted by molar-refractivity contribution is 0.463. The lowest BCUT2D eigenvalue weighted by atomic mass is 9.54. The van der Waals surface area contributed by atoms with E-state index in [2.05, 4.69) is 55.4 Å². The molecule has 0 rings (SSSR count). The van der Waals surface area contributed by atoms with Gasteiger partial charge in [-0.1, -0.05) is 47.9 Å². The van der Waals surface area contributed by atoms with E-state index in [0.29, 0.717) is 5.41 Å². The van der Waals surface area contributed by atoms with Crippen molar-refractivity contribution in [2.45, 2.75) is 47.9 Å². The van der Waals surface area contributed by atoms with Gasteiger partial charge in [-0.15, -0.1) is 12.1 Å². The van der Waals surface area contributed by atoms with Crippen molar-refractivity contribution < 1.29 is 0 Å². The Morgan fingerprint density at radius 2 is 1.50 bits per heavy atom. The molecule has 0 aromatic rings. The summed E-state index contributed by atoms with van der Waals surface area (Å²) in [6.45, 7) is 17.4. The number of hydrogen-bond donors (Lipinski definition) is 0. The molecule has 0 bridgehead atoms. The van der Waals surface area contributed by atoms with E-state index < -0.39 is 0 Å². The van der Waals surface area contributed by atoms with Gasteiger partial charge >= 0.3 is 0 Å². The first-order chi connectivity index (χ1) is 5.13. The monoisotopic (exact) mass is 165 g/mol. The van der Waals surface area contributed by atoms with Crippen LogP contribution in [0.5, 0.6) is 0 Å². The van der Waals surface area contributed by atoms with Crippen LogP contribution in [0.3, 0.4) is 0 Å². The van der Waals surface area contributed by atoms with Crippen LogP contribution in [-0.2, 0) is 0 Å². The van der Waals surface area contributed by atoms with Gasteiger partial charge in [-0.05, 0) is 10.8 Å². The lowest BCUT2D eigenvalue weighted by Gasteiger charge is -2.25. The first kappa shape index (κ1) is 11.8. The van der Waals surface area contributed by atoms with E-state index in [1.165, 1.54) is 5.47 Å². The van der Waals surface area contributed by atoms with Crippen molar-refractivity contribution in [2.24, 2.45) is 10.8 Å².